The highest BCUT2D eigenvalue weighted by atomic mass is 16.5. The first kappa shape index (κ1) is 15.6. The van der Waals surface area contributed by atoms with Gasteiger partial charge in [0.05, 0.1) is 11.7 Å². The molecule has 3 N–H and O–H groups in total. The van der Waals surface area contributed by atoms with Crippen molar-refractivity contribution in [2.75, 3.05) is 7.11 Å². The number of rotatable bonds is 1. The minimum absolute atomic E-state index is 0.00385. The number of methoxy groups -OCH3 is 1. The van der Waals surface area contributed by atoms with Gasteiger partial charge in [-0.1, -0.05) is 18.2 Å². The fourth-order valence-electron chi connectivity index (χ4n) is 4.96. The summed E-state index contributed by atoms with van der Waals surface area (Å²) >= 11 is 0. The number of benzene rings is 2. The number of Topliss-reactive ketones (excluding diaryl/α,β-unsaturated/α-hetero) is 1. The van der Waals surface area contributed by atoms with Crippen LogP contribution < -0.4 is 0 Å². The van der Waals surface area contributed by atoms with E-state index in [0.29, 0.717) is 24.0 Å². The third-order valence-corrected chi connectivity index (χ3v) is 5.95. The van der Waals surface area contributed by atoms with Crippen LogP contribution in [0.15, 0.2) is 30.3 Å². The molecule has 5 heteroatoms. The second-order valence-corrected chi connectivity index (χ2v) is 7.10. The highest BCUT2D eigenvalue weighted by molar-refractivity contribution is 6.14. The van der Waals surface area contributed by atoms with Crippen molar-refractivity contribution in [2.45, 2.75) is 31.0 Å². The molecule has 0 spiro atoms. The Bertz CT molecular complexity index is 1000. The molecule has 5 nitrogen and oxygen atoms in total. The number of ketones is 1. The van der Waals surface area contributed by atoms with Crippen LogP contribution in [0, 0.1) is 0 Å². The van der Waals surface area contributed by atoms with Gasteiger partial charge in [0, 0.05) is 25.0 Å². The molecule has 0 bridgehead atoms. The first-order chi connectivity index (χ1) is 12.5. The summed E-state index contributed by atoms with van der Waals surface area (Å²) in [6.07, 6.45) is -0.641. The van der Waals surface area contributed by atoms with E-state index in [2.05, 4.69) is 0 Å². The molecule has 0 unspecified atom stereocenters. The van der Waals surface area contributed by atoms with Crippen LogP contribution in [0.3, 0.4) is 0 Å². The fraction of sp³-hybridized carbons (Fsp3) is 0.286. The molecule has 0 heterocycles. The molecule has 132 valence electrons. The summed E-state index contributed by atoms with van der Waals surface area (Å²) in [5.41, 5.74) is 5.31. The summed E-state index contributed by atoms with van der Waals surface area (Å²) < 4.78 is 5.65. The summed E-state index contributed by atoms with van der Waals surface area (Å²) in [7, 11) is 1.54. The SMILES string of the molecule is CO[C@@H]1[C@H](O)c2c(O)cccc2C2=C3CCC(=O)c4c(O)ccc(c43)[C@H]21. The van der Waals surface area contributed by atoms with E-state index in [1.807, 2.05) is 12.1 Å². The quantitative estimate of drug-likeness (QED) is 0.735. The van der Waals surface area contributed by atoms with E-state index in [1.165, 1.54) is 0 Å². The van der Waals surface area contributed by atoms with Gasteiger partial charge in [0.25, 0.3) is 0 Å². The van der Waals surface area contributed by atoms with E-state index in [9.17, 15) is 20.1 Å². The standard InChI is InChI=1S/C21H18O5/c1-26-21-18-11-6-8-14(24)19-13(23)7-5-10(16(11)19)15(18)9-3-2-4-12(22)17(9)20(21)25/h2-4,6,8,18,20-22,24-25H,5,7H2,1H3/t18-,20-,21+/m1/s1. The Hall–Kier alpha value is -2.63. The Balaban J connectivity index is 1.90. The van der Waals surface area contributed by atoms with Crippen LogP contribution in [0.1, 0.15) is 57.5 Å². The number of fused-ring (bicyclic) bond motifs is 4. The number of hydrogen-bond donors (Lipinski definition) is 3. The van der Waals surface area contributed by atoms with Gasteiger partial charge in [0.2, 0.25) is 0 Å². The van der Waals surface area contributed by atoms with Crippen molar-refractivity contribution in [3.8, 4) is 11.5 Å². The topological polar surface area (TPSA) is 87.0 Å². The predicted molar refractivity (Wildman–Crippen MR) is 95.1 cm³/mol. The molecule has 3 aliphatic carbocycles. The summed E-state index contributed by atoms with van der Waals surface area (Å²) in [5.74, 6) is -0.266. The monoisotopic (exact) mass is 350 g/mol. The molecule has 26 heavy (non-hydrogen) atoms. The second-order valence-electron chi connectivity index (χ2n) is 7.10. The summed E-state index contributed by atoms with van der Waals surface area (Å²) in [4.78, 5) is 12.4. The predicted octanol–water partition coefficient (Wildman–Crippen LogP) is 3.14. The summed E-state index contributed by atoms with van der Waals surface area (Å²) in [5, 5.41) is 31.5. The Morgan fingerprint density at radius 3 is 2.62 bits per heavy atom. The molecule has 0 saturated carbocycles. The Morgan fingerprint density at radius 2 is 1.85 bits per heavy atom. The Morgan fingerprint density at radius 1 is 1.04 bits per heavy atom. The van der Waals surface area contributed by atoms with Gasteiger partial charge in [-0.25, -0.2) is 0 Å². The van der Waals surface area contributed by atoms with Crippen LogP contribution in [-0.4, -0.2) is 34.3 Å². The van der Waals surface area contributed by atoms with E-state index in [-0.39, 0.29) is 23.2 Å². The van der Waals surface area contributed by atoms with Gasteiger partial charge in [-0.15, -0.1) is 0 Å². The second kappa shape index (κ2) is 5.19. The third-order valence-electron chi connectivity index (χ3n) is 5.95. The fourth-order valence-corrected chi connectivity index (χ4v) is 4.96. The number of aliphatic hydroxyl groups excluding tert-OH is 1. The smallest absolute Gasteiger partial charge is 0.167 e. The number of hydrogen-bond acceptors (Lipinski definition) is 5. The van der Waals surface area contributed by atoms with E-state index < -0.39 is 12.2 Å². The number of carbonyl (C=O) groups excluding carboxylic acids is 1. The molecular formula is C21H18O5. The molecule has 3 aliphatic rings. The van der Waals surface area contributed by atoms with Crippen molar-refractivity contribution in [3.63, 3.8) is 0 Å². The first-order valence-electron chi connectivity index (χ1n) is 8.70. The normalized spacial score (nSPS) is 25.8. The van der Waals surface area contributed by atoms with Crippen LogP contribution in [0.2, 0.25) is 0 Å². The van der Waals surface area contributed by atoms with Crippen molar-refractivity contribution in [1.82, 2.24) is 0 Å². The van der Waals surface area contributed by atoms with Gasteiger partial charge in [-0.3, -0.25) is 4.79 Å². The van der Waals surface area contributed by atoms with Crippen LogP contribution in [0.5, 0.6) is 11.5 Å². The van der Waals surface area contributed by atoms with Crippen molar-refractivity contribution in [3.05, 3.63) is 58.1 Å². The number of aliphatic hydroxyl groups is 1. The molecule has 0 fully saturated rings. The van der Waals surface area contributed by atoms with Crippen LogP contribution in [0.25, 0.3) is 11.1 Å². The molecule has 0 amide bonds. The lowest BCUT2D eigenvalue weighted by Gasteiger charge is -2.37. The maximum atomic E-state index is 12.4. The molecule has 5 rings (SSSR count). The van der Waals surface area contributed by atoms with Crippen LogP contribution in [-0.2, 0) is 4.74 Å². The molecule has 0 saturated heterocycles. The van der Waals surface area contributed by atoms with Gasteiger partial charge in [0.1, 0.15) is 17.6 Å². The first-order valence-corrected chi connectivity index (χ1v) is 8.70. The molecule has 2 aromatic carbocycles. The van der Waals surface area contributed by atoms with Crippen molar-refractivity contribution < 1.29 is 24.9 Å². The lowest BCUT2D eigenvalue weighted by Crippen LogP contribution is -2.33. The number of ether oxygens (including phenoxy) is 1. The minimum atomic E-state index is -0.981. The zero-order valence-electron chi connectivity index (χ0n) is 14.2. The number of phenols is 2. The number of allylic oxidation sites excluding steroid dienone is 1. The lowest BCUT2D eigenvalue weighted by molar-refractivity contribution is -0.0234. The van der Waals surface area contributed by atoms with Crippen molar-refractivity contribution in [2.24, 2.45) is 0 Å². The van der Waals surface area contributed by atoms with Crippen molar-refractivity contribution >= 4 is 16.9 Å². The van der Waals surface area contributed by atoms with Crippen molar-refractivity contribution in [1.29, 1.82) is 0 Å². The summed E-state index contributed by atoms with van der Waals surface area (Å²) in [6, 6.07) is 8.57. The zero-order valence-corrected chi connectivity index (χ0v) is 14.2. The largest absolute Gasteiger partial charge is 0.508 e. The highest BCUT2D eigenvalue weighted by Crippen LogP contribution is 2.60. The van der Waals surface area contributed by atoms with E-state index >= 15 is 0 Å². The van der Waals surface area contributed by atoms with E-state index in [1.54, 1.807) is 25.3 Å². The van der Waals surface area contributed by atoms with Gasteiger partial charge in [-0.2, -0.15) is 0 Å². The number of carbonyl (C=O) groups is 1. The van der Waals surface area contributed by atoms with E-state index in [4.69, 9.17) is 4.74 Å². The number of phenolic OH excluding ortho intramolecular Hbond substituents is 2. The molecule has 2 aromatic rings. The van der Waals surface area contributed by atoms with Gasteiger partial charge >= 0.3 is 0 Å². The maximum absolute atomic E-state index is 12.4. The Kier molecular flexibility index (Phi) is 3.12. The summed E-state index contributed by atoms with van der Waals surface area (Å²) in [6.45, 7) is 0. The molecule has 3 atom stereocenters. The zero-order chi connectivity index (χ0) is 18.2. The van der Waals surface area contributed by atoms with Gasteiger partial charge in [-0.05, 0) is 46.4 Å². The number of aromatic hydroxyl groups is 2. The molecule has 0 aliphatic heterocycles. The molecular weight excluding hydrogens is 332 g/mol. The highest BCUT2D eigenvalue weighted by Gasteiger charge is 2.48. The van der Waals surface area contributed by atoms with Gasteiger partial charge < -0.3 is 20.1 Å². The maximum Gasteiger partial charge on any atom is 0.167 e. The van der Waals surface area contributed by atoms with Gasteiger partial charge in [0.15, 0.2) is 5.78 Å². The minimum Gasteiger partial charge on any atom is -0.508 e. The Labute approximate surface area is 150 Å². The third kappa shape index (κ3) is 1.74. The molecule has 0 aromatic heterocycles. The van der Waals surface area contributed by atoms with Crippen LogP contribution >= 0.6 is 0 Å². The van der Waals surface area contributed by atoms with E-state index in [0.717, 1.165) is 27.8 Å². The average molecular weight is 350 g/mol. The van der Waals surface area contributed by atoms with Crippen LogP contribution in [0.4, 0.5) is 0 Å². The average Bonchev–Trinajstić information content (AvgIpc) is 2.95. The molecule has 0 radical (unpaired) electrons. The lowest BCUT2D eigenvalue weighted by atomic mass is 9.74.